The smallest absolute Gasteiger partial charge is 0.0641 e. The molecule has 0 aliphatic carbocycles. The molecule has 2 N–H and O–H groups in total. The van der Waals surface area contributed by atoms with Crippen molar-refractivity contribution in [1.29, 1.82) is 0 Å². The maximum Gasteiger partial charge on any atom is 0.0641 e. The van der Waals surface area contributed by atoms with Crippen LogP contribution >= 0.6 is 23.2 Å². The highest BCUT2D eigenvalue weighted by molar-refractivity contribution is 6.42. The number of benzene rings is 1. The Kier molecular flexibility index (Phi) is 3.95. The van der Waals surface area contributed by atoms with Crippen molar-refractivity contribution in [2.24, 2.45) is 12.8 Å². The van der Waals surface area contributed by atoms with E-state index in [9.17, 15) is 0 Å². The van der Waals surface area contributed by atoms with Crippen LogP contribution in [0.25, 0.3) is 0 Å². The molecule has 5 heteroatoms. The van der Waals surface area contributed by atoms with Gasteiger partial charge >= 0.3 is 0 Å². The van der Waals surface area contributed by atoms with E-state index in [2.05, 4.69) is 5.10 Å². The number of aryl methyl sites for hydroxylation is 2. The Labute approximate surface area is 117 Å². The van der Waals surface area contributed by atoms with Gasteiger partial charge in [0.25, 0.3) is 0 Å². The Balaban J connectivity index is 2.24. The third-order valence-electron chi connectivity index (χ3n) is 2.92. The van der Waals surface area contributed by atoms with Crippen molar-refractivity contribution in [2.45, 2.75) is 19.4 Å². The summed E-state index contributed by atoms with van der Waals surface area (Å²) in [5.41, 5.74) is 9.15. The summed E-state index contributed by atoms with van der Waals surface area (Å²) in [6.45, 7) is 1.95. The Hall–Kier alpha value is -1.03. The normalized spacial score (nSPS) is 12.7. The van der Waals surface area contributed by atoms with Gasteiger partial charge in [-0.15, -0.1) is 0 Å². The van der Waals surface area contributed by atoms with Gasteiger partial charge in [0, 0.05) is 24.8 Å². The Morgan fingerprint density at radius 3 is 2.72 bits per heavy atom. The van der Waals surface area contributed by atoms with Crippen molar-refractivity contribution in [2.75, 3.05) is 0 Å². The van der Waals surface area contributed by atoms with Gasteiger partial charge in [-0.1, -0.05) is 35.3 Å². The molecule has 0 bridgehead atoms. The fraction of sp³-hybridized carbons (Fsp3) is 0.308. The van der Waals surface area contributed by atoms with Crippen molar-refractivity contribution < 1.29 is 0 Å². The number of aromatic nitrogens is 2. The molecule has 0 spiro atoms. The van der Waals surface area contributed by atoms with Crippen LogP contribution in [0, 0.1) is 6.92 Å². The van der Waals surface area contributed by atoms with E-state index in [-0.39, 0.29) is 6.04 Å². The van der Waals surface area contributed by atoms with Crippen molar-refractivity contribution >= 4 is 23.2 Å². The van der Waals surface area contributed by atoms with Crippen LogP contribution in [-0.2, 0) is 13.5 Å². The molecule has 0 aliphatic heterocycles. The van der Waals surface area contributed by atoms with Gasteiger partial charge in [0.05, 0.1) is 15.7 Å². The van der Waals surface area contributed by atoms with E-state index in [0.717, 1.165) is 16.8 Å². The molecule has 1 atom stereocenters. The van der Waals surface area contributed by atoms with E-state index in [0.29, 0.717) is 16.5 Å². The van der Waals surface area contributed by atoms with Crippen molar-refractivity contribution in [3.63, 3.8) is 0 Å². The molecule has 2 aromatic rings. The van der Waals surface area contributed by atoms with E-state index in [1.54, 1.807) is 10.7 Å². The molecule has 3 nitrogen and oxygen atoms in total. The summed E-state index contributed by atoms with van der Waals surface area (Å²) < 4.78 is 1.77. The van der Waals surface area contributed by atoms with Gasteiger partial charge < -0.3 is 5.73 Å². The third kappa shape index (κ3) is 2.69. The number of hydrogen-bond acceptors (Lipinski definition) is 2. The molecule has 1 heterocycles. The Morgan fingerprint density at radius 2 is 2.11 bits per heavy atom. The van der Waals surface area contributed by atoms with E-state index in [4.69, 9.17) is 28.9 Å². The predicted octanol–water partition coefficient (Wildman–Crippen LogP) is 3.28. The SMILES string of the molecule is Cc1nn(C)cc1C(N)Cc1cccc(Cl)c1Cl. The predicted molar refractivity (Wildman–Crippen MR) is 75.0 cm³/mol. The average Bonchev–Trinajstić information content (AvgIpc) is 2.64. The fourth-order valence-corrected chi connectivity index (χ4v) is 2.43. The number of nitrogens with two attached hydrogens (primary N) is 1. The third-order valence-corrected chi connectivity index (χ3v) is 3.78. The minimum atomic E-state index is -0.130. The summed E-state index contributed by atoms with van der Waals surface area (Å²) in [7, 11) is 1.88. The first-order valence-corrected chi connectivity index (χ1v) is 6.43. The summed E-state index contributed by atoms with van der Waals surface area (Å²) in [5.74, 6) is 0. The second-order valence-electron chi connectivity index (χ2n) is 4.37. The second-order valence-corrected chi connectivity index (χ2v) is 5.15. The summed E-state index contributed by atoms with van der Waals surface area (Å²) in [5, 5.41) is 5.43. The quantitative estimate of drug-likeness (QED) is 0.940. The lowest BCUT2D eigenvalue weighted by Crippen LogP contribution is -2.14. The van der Waals surface area contributed by atoms with Crippen LogP contribution in [-0.4, -0.2) is 9.78 Å². The Morgan fingerprint density at radius 1 is 1.39 bits per heavy atom. The molecule has 0 radical (unpaired) electrons. The molecule has 2 rings (SSSR count). The largest absolute Gasteiger partial charge is 0.324 e. The molecule has 1 unspecified atom stereocenters. The zero-order valence-electron chi connectivity index (χ0n) is 10.3. The van der Waals surface area contributed by atoms with Crippen LogP contribution in [0.4, 0.5) is 0 Å². The molecule has 0 saturated carbocycles. The zero-order chi connectivity index (χ0) is 13.3. The lowest BCUT2D eigenvalue weighted by molar-refractivity contribution is 0.715. The van der Waals surface area contributed by atoms with Gasteiger partial charge in [0.15, 0.2) is 0 Å². The minimum Gasteiger partial charge on any atom is -0.324 e. The van der Waals surface area contributed by atoms with Crippen LogP contribution in [0.15, 0.2) is 24.4 Å². The van der Waals surface area contributed by atoms with Crippen LogP contribution in [0.2, 0.25) is 10.0 Å². The molecule has 96 valence electrons. The van der Waals surface area contributed by atoms with E-state index in [1.807, 2.05) is 32.3 Å². The lowest BCUT2D eigenvalue weighted by Gasteiger charge is -2.12. The summed E-state index contributed by atoms with van der Waals surface area (Å²) in [6, 6.07) is 5.47. The highest BCUT2D eigenvalue weighted by Gasteiger charge is 2.15. The van der Waals surface area contributed by atoms with Crippen LogP contribution in [0.5, 0.6) is 0 Å². The van der Waals surface area contributed by atoms with Gasteiger partial charge in [0.1, 0.15) is 0 Å². The van der Waals surface area contributed by atoms with Crippen molar-refractivity contribution in [3.8, 4) is 0 Å². The Bertz CT molecular complexity index is 563. The second kappa shape index (κ2) is 5.31. The number of rotatable bonds is 3. The first-order valence-electron chi connectivity index (χ1n) is 5.67. The maximum absolute atomic E-state index is 6.21. The highest BCUT2D eigenvalue weighted by Crippen LogP contribution is 2.29. The highest BCUT2D eigenvalue weighted by atomic mass is 35.5. The molecule has 1 aromatic heterocycles. The van der Waals surface area contributed by atoms with Gasteiger partial charge in [-0.05, 0) is 25.0 Å². The average molecular weight is 284 g/mol. The van der Waals surface area contributed by atoms with Crippen LogP contribution in [0.3, 0.4) is 0 Å². The monoisotopic (exact) mass is 283 g/mol. The molecule has 0 saturated heterocycles. The number of nitrogens with zero attached hydrogens (tertiary/aromatic N) is 2. The summed E-state index contributed by atoms with van der Waals surface area (Å²) in [6.07, 6.45) is 2.59. The lowest BCUT2D eigenvalue weighted by atomic mass is 10.0. The molecule has 1 aromatic carbocycles. The van der Waals surface area contributed by atoms with Crippen molar-refractivity contribution in [3.05, 3.63) is 51.3 Å². The molecule has 0 aliphatic rings. The van der Waals surface area contributed by atoms with E-state index >= 15 is 0 Å². The van der Waals surface area contributed by atoms with Gasteiger partial charge in [-0.3, -0.25) is 4.68 Å². The van der Waals surface area contributed by atoms with Crippen LogP contribution < -0.4 is 5.73 Å². The molecule has 0 amide bonds. The topological polar surface area (TPSA) is 43.8 Å². The van der Waals surface area contributed by atoms with Gasteiger partial charge in [-0.2, -0.15) is 5.10 Å². The first-order chi connectivity index (χ1) is 8.49. The summed E-state index contributed by atoms with van der Waals surface area (Å²) in [4.78, 5) is 0. The summed E-state index contributed by atoms with van der Waals surface area (Å²) >= 11 is 12.2. The van der Waals surface area contributed by atoms with Gasteiger partial charge in [0.2, 0.25) is 0 Å². The fourth-order valence-electron chi connectivity index (χ4n) is 2.03. The van der Waals surface area contributed by atoms with Crippen molar-refractivity contribution in [1.82, 2.24) is 9.78 Å². The maximum atomic E-state index is 6.21. The zero-order valence-corrected chi connectivity index (χ0v) is 11.8. The number of halogens is 2. The molecule has 18 heavy (non-hydrogen) atoms. The van der Waals surface area contributed by atoms with Gasteiger partial charge in [-0.25, -0.2) is 0 Å². The molecular weight excluding hydrogens is 269 g/mol. The van der Waals surface area contributed by atoms with E-state index < -0.39 is 0 Å². The van der Waals surface area contributed by atoms with Crippen LogP contribution in [0.1, 0.15) is 22.9 Å². The minimum absolute atomic E-state index is 0.130. The first kappa shape index (κ1) is 13.4. The molecular formula is C13H15Cl2N3. The number of hydrogen-bond donors (Lipinski definition) is 1. The van der Waals surface area contributed by atoms with E-state index in [1.165, 1.54) is 0 Å². The standard InChI is InChI=1S/C13H15Cl2N3/c1-8-10(7-18(2)17-8)12(16)6-9-4-3-5-11(14)13(9)15/h3-5,7,12H,6,16H2,1-2H3. The molecule has 0 fully saturated rings.